The Morgan fingerprint density at radius 3 is 1.68 bits per heavy atom. The Bertz CT molecular complexity index is 816. The Kier molecular flexibility index (Phi) is 26.3. The Hall–Kier alpha value is -2.02. The number of hydrogen-bond donors (Lipinski definition) is 6. The van der Waals surface area contributed by atoms with Crippen LogP contribution in [0.3, 0.4) is 0 Å². The highest BCUT2D eigenvalue weighted by molar-refractivity contribution is 7.88. The second-order valence-electron chi connectivity index (χ2n) is 10.5. The molecule has 0 aliphatic carbocycles. The van der Waals surface area contributed by atoms with Crippen molar-refractivity contribution in [3.05, 3.63) is 12.2 Å². The van der Waals surface area contributed by atoms with Gasteiger partial charge in [-0.25, -0.2) is 0 Å². The van der Waals surface area contributed by atoms with Crippen LogP contribution in [-0.4, -0.2) is 58.4 Å². The van der Waals surface area contributed by atoms with Gasteiger partial charge in [0.25, 0.3) is 10.1 Å². The number of rotatable bonds is 22. The van der Waals surface area contributed by atoms with E-state index in [1.54, 1.807) is 0 Å². The zero-order chi connectivity index (χ0) is 30.3. The number of carboxylic acid groups (broad SMARTS) is 2. The quantitative estimate of drug-likeness (QED) is 0.0525. The van der Waals surface area contributed by atoms with Crippen molar-refractivity contribution in [1.29, 1.82) is 0 Å². The van der Waals surface area contributed by atoms with Crippen LogP contribution >= 0.6 is 0 Å². The molecule has 0 rings (SSSR count). The van der Waals surface area contributed by atoms with E-state index in [0.717, 1.165) is 32.1 Å². The number of nitrogens with two attached hydrogens (primary N) is 1. The minimum absolute atomic E-state index is 0. The molecule has 0 aliphatic rings. The number of nitrogens with one attached hydrogen (secondary N) is 1. The lowest BCUT2D eigenvalue weighted by Gasteiger charge is -2.30. The molecule has 238 valence electrons. The Labute approximate surface area is 242 Å². The highest BCUT2D eigenvalue weighted by Gasteiger charge is 2.56. The maximum atomic E-state index is 12.1. The van der Waals surface area contributed by atoms with Crippen molar-refractivity contribution in [3.8, 4) is 0 Å². The lowest BCUT2D eigenvalue weighted by molar-refractivity contribution is -0.148. The molecule has 0 aliphatic heterocycles. The van der Waals surface area contributed by atoms with Crippen molar-refractivity contribution in [2.45, 2.75) is 135 Å². The van der Waals surface area contributed by atoms with Crippen LogP contribution in [0.25, 0.3) is 0 Å². The fourth-order valence-electron chi connectivity index (χ4n) is 4.02. The van der Waals surface area contributed by atoms with Crippen LogP contribution in [0.2, 0.25) is 0 Å². The van der Waals surface area contributed by atoms with Crippen LogP contribution in [0.4, 0.5) is 0 Å². The van der Waals surface area contributed by atoms with Gasteiger partial charge in [0.05, 0.1) is 6.42 Å². The third-order valence-electron chi connectivity index (χ3n) is 6.30. The van der Waals surface area contributed by atoms with Gasteiger partial charge in [-0.2, -0.15) is 8.42 Å². The molecule has 2 unspecified atom stereocenters. The summed E-state index contributed by atoms with van der Waals surface area (Å²) in [6.07, 6.45) is 18.2. The van der Waals surface area contributed by atoms with Gasteiger partial charge in [0.1, 0.15) is 0 Å². The van der Waals surface area contributed by atoms with E-state index in [4.69, 9.17) is 10.8 Å². The summed E-state index contributed by atoms with van der Waals surface area (Å²) in [6.45, 7) is 6.90. The first kappa shape index (κ1) is 42.4. The topological polar surface area (TPSA) is 219 Å². The smallest absolute Gasteiger partial charge is 0.328 e. The Morgan fingerprint density at radius 2 is 1.27 bits per heavy atom. The number of carbonyl (C=O) groups excluding carboxylic acids is 1. The number of hydrogen-bond acceptors (Lipinski definition) is 7. The van der Waals surface area contributed by atoms with E-state index >= 15 is 0 Å². The Balaban J connectivity index is -0.00000255. The van der Waals surface area contributed by atoms with Crippen LogP contribution in [0.5, 0.6) is 0 Å². The van der Waals surface area contributed by atoms with Gasteiger partial charge >= 0.3 is 11.9 Å². The Morgan fingerprint density at radius 1 is 0.850 bits per heavy atom. The number of unbranched alkanes of at least 4 members (excludes halogenated alkanes) is 11. The minimum atomic E-state index is -5.25. The lowest BCUT2D eigenvalue weighted by Crippen LogP contribution is -2.55. The van der Waals surface area contributed by atoms with Crippen LogP contribution in [0, 0.1) is 5.92 Å². The second-order valence-corrected chi connectivity index (χ2v) is 12.2. The van der Waals surface area contributed by atoms with E-state index in [0.29, 0.717) is 12.5 Å². The van der Waals surface area contributed by atoms with Crippen LogP contribution in [-0.2, 0) is 24.5 Å². The zero-order valence-electron chi connectivity index (χ0n) is 25.2. The average Bonchev–Trinajstić information content (AvgIpc) is 2.81. The molecule has 0 saturated heterocycles. The summed E-state index contributed by atoms with van der Waals surface area (Å²) < 4.78 is 30.0. The van der Waals surface area contributed by atoms with E-state index in [1.165, 1.54) is 51.9 Å². The molecule has 0 fully saturated rings. The van der Waals surface area contributed by atoms with E-state index in [1.807, 2.05) is 13.8 Å². The highest BCUT2D eigenvalue weighted by atomic mass is 32.2. The largest absolute Gasteiger partial charge is 0.481 e. The van der Waals surface area contributed by atoms with E-state index in [2.05, 4.69) is 24.4 Å². The summed E-state index contributed by atoms with van der Waals surface area (Å²) in [4.78, 5) is 34.7. The van der Waals surface area contributed by atoms with Crippen molar-refractivity contribution in [2.75, 3.05) is 6.54 Å². The fraction of sp³-hybridized carbons (Fsp3) is 0.821. The molecule has 11 nitrogen and oxygen atoms in total. The molecule has 0 heterocycles. The summed E-state index contributed by atoms with van der Waals surface area (Å²) in [5.74, 6) is -5.39. The first-order valence-corrected chi connectivity index (χ1v) is 15.8. The molecule has 0 radical (unpaired) electrons. The molecule has 40 heavy (non-hydrogen) atoms. The summed E-state index contributed by atoms with van der Waals surface area (Å²) in [5.41, 5.74) is 5.11. The van der Waals surface area contributed by atoms with E-state index < -0.39 is 39.1 Å². The molecular weight excluding hydrogens is 538 g/mol. The molecule has 0 aromatic carbocycles. The standard InChI is InChI=1S/C25H45NO8S.C3H9N.H3N/c1-3-4-5-6-7-8-9-10-11-12-13-14-15-16-17-18-22(27)26-20-21(2)25(24(30)31,19-23(28)29)35(32,33)34;1-3(2)4;/h11-12,21H,3-10,13-20H2,1-2H3,(H,26,27)(H,28,29)(H,30,31)(H,32,33,34);3H,4H2,1-2H3;1H3/b12-11+;;. The third-order valence-corrected chi connectivity index (χ3v) is 7.95. The average molecular weight is 596 g/mol. The van der Waals surface area contributed by atoms with Crippen molar-refractivity contribution in [2.24, 2.45) is 11.7 Å². The minimum Gasteiger partial charge on any atom is -0.481 e. The van der Waals surface area contributed by atoms with Gasteiger partial charge in [0.2, 0.25) is 10.7 Å². The predicted molar refractivity (Wildman–Crippen MR) is 160 cm³/mol. The highest BCUT2D eigenvalue weighted by Crippen LogP contribution is 2.31. The van der Waals surface area contributed by atoms with Crippen molar-refractivity contribution in [1.82, 2.24) is 11.5 Å². The molecule has 0 bridgehead atoms. The fourth-order valence-corrected chi connectivity index (χ4v) is 5.14. The summed E-state index contributed by atoms with van der Waals surface area (Å²) in [6, 6.07) is 0.333. The molecule has 0 saturated carbocycles. The lowest BCUT2D eigenvalue weighted by atomic mass is 9.89. The third kappa shape index (κ3) is 20.8. The van der Waals surface area contributed by atoms with E-state index in [9.17, 15) is 32.5 Å². The SMILES string of the molecule is CC(C)N.CCCCCCCCC/C=C/CCCCCCC(=O)NCC(C)C(CC(=O)O)(C(=O)O)S(=O)(=O)O.N. The van der Waals surface area contributed by atoms with Gasteiger partial charge < -0.3 is 27.4 Å². The number of carboxylic acids is 2. The van der Waals surface area contributed by atoms with Gasteiger partial charge in [-0.1, -0.05) is 91.2 Å². The summed E-state index contributed by atoms with van der Waals surface area (Å²) in [7, 11) is -5.25. The summed E-state index contributed by atoms with van der Waals surface area (Å²) >= 11 is 0. The number of aliphatic carboxylic acids is 2. The predicted octanol–water partition coefficient (Wildman–Crippen LogP) is 5.48. The number of amides is 1. The van der Waals surface area contributed by atoms with Gasteiger partial charge in [-0.3, -0.25) is 18.9 Å². The number of allylic oxidation sites excluding steroid dienone is 2. The summed E-state index contributed by atoms with van der Waals surface area (Å²) in [5, 5.41) is 20.8. The molecule has 12 heteroatoms. The molecular formula is C28H57N3O8S. The normalized spacial score (nSPS) is 13.6. The van der Waals surface area contributed by atoms with E-state index in [-0.39, 0.29) is 25.0 Å². The van der Waals surface area contributed by atoms with Crippen molar-refractivity contribution >= 4 is 28.0 Å². The number of carbonyl (C=O) groups is 3. The van der Waals surface area contributed by atoms with Crippen molar-refractivity contribution in [3.63, 3.8) is 0 Å². The molecule has 0 aromatic rings. The van der Waals surface area contributed by atoms with Crippen molar-refractivity contribution < 1.29 is 37.6 Å². The van der Waals surface area contributed by atoms with Gasteiger partial charge in [-0.05, 0) is 38.1 Å². The maximum Gasteiger partial charge on any atom is 0.328 e. The van der Waals surface area contributed by atoms with Gasteiger partial charge in [0.15, 0.2) is 0 Å². The second kappa shape index (κ2) is 24.8. The first-order chi connectivity index (χ1) is 18.2. The molecule has 0 spiro atoms. The van der Waals surface area contributed by atoms with Crippen LogP contribution in [0.1, 0.15) is 124 Å². The van der Waals surface area contributed by atoms with Crippen LogP contribution < -0.4 is 17.2 Å². The molecule has 2 atom stereocenters. The maximum absolute atomic E-state index is 12.1. The molecule has 9 N–H and O–H groups in total. The van der Waals surface area contributed by atoms with Gasteiger partial charge in [0, 0.05) is 18.9 Å². The first-order valence-electron chi connectivity index (χ1n) is 14.3. The molecule has 0 aromatic heterocycles. The monoisotopic (exact) mass is 595 g/mol. The molecule has 1 amide bonds. The zero-order valence-corrected chi connectivity index (χ0v) is 26.0. The van der Waals surface area contributed by atoms with Crippen LogP contribution in [0.15, 0.2) is 12.2 Å². The van der Waals surface area contributed by atoms with Gasteiger partial charge in [-0.15, -0.1) is 0 Å².